The van der Waals surface area contributed by atoms with Crippen molar-refractivity contribution < 1.29 is 0 Å². The highest BCUT2D eigenvalue weighted by Crippen LogP contribution is 2.38. The maximum atomic E-state index is 4.47. The van der Waals surface area contributed by atoms with Gasteiger partial charge in [-0.25, -0.2) is 0 Å². The number of aromatic nitrogens is 3. The minimum atomic E-state index is 0.603. The summed E-state index contributed by atoms with van der Waals surface area (Å²) in [5, 5.41) is 9.61. The van der Waals surface area contributed by atoms with E-state index in [0.29, 0.717) is 12.0 Å². The van der Waals surface area contributed by atoms with Crippen LogP contribution in [0.3, 0.4) is 0 Å². The lowest BCUT2D eigenvalue weighted by Gasteiger charge is -2.32. The molecule has 1 aliphatic heterocycles. The van der Waals surface area contributed by atoms with Gasteiger partial charge >= 0.3 is 0 Å². The predicted octanol–water partition coefficient (Wildman–Crippen LogP) is 3.86. The first-order valence-corrected chi connectivity index (χ1v) is 10.7. The van der Waals surface area contributed by atoms with Gasteiger partial charge in [0.05, 0.1) is 0 Å². The first kappa shape index (κ1) is 15.9. The van der Waals surface area contributed by atoms with Gasteiger partial charge in [-0.05, 0) is 45.1 Å². The standard InChI is InChI=1S/C18H30N4S/c1-2-6-17(7-3-1)23-12-11-21-10-4-5-15(13-21)18-20-19-14-22(18)16-8-9-16/h14-17H,1-13H2/t15-/m1/s1. The van der Waals surface area contributed by atoms with Crippen LogP contribution in [0.4, 0.5) is 0 Å². The van der Waals surface area contributed by atoms with E-state index in [0.717, 1.165) is 5.25 Å². The van der Waals surface area contributed by atoms with Crippen molar-refractivity contribution in [3.8, 4) is 0 Å². The Labute approximate surface area is 144 Å². The molecule has 1 aromatic heterocycles. The van der Waals surface area contributed by atoms with Crippen LogP contribution < -0.4 is 0 Å². The Hall–Kier alpha value is -0.550. The van der Waals surface area contributed by atoms with Gasteiger partial charge in [-0.15, -0.1) is 10.2 Å². The molecule has 0 spiro atoms. The lowest BCUT2D eigenvalue weighted by molar-refractivity contribution is 0.213. The van der Waals surface area contributed by atoms with E-state index in [1.807, 2.05) is 6.33 Å². The highest BCUT2D eigenvalue weighted by atomic mass is 32.2. The molecule has 2 heterocycles. The highest BCUT2D eigenvalue weighted by molar-refractivity contribution is 7.99. The summed E-state index contributed by atoms with van der Waals surface area (Å²) in [4.78, 5) is 2.68. The van der Waals surface area contributed by atoms with Crippen molar-refractivity contribution in [2.75, 3.05) is 25.4 Å². The molecule has 0 aromatic carbocycles. The third-order valence-corrected chi connectivity index (χ3v) is 7.09. The molecule has 4 nitrogen and oxygen atoms in total. The van der Waals surface area contributed by atoms with E-state index in [9.17, 15) is 0 Å². The second-order valence-electron chi connectivity index (χ2n) is 7.60. The van der Waals surface area contributed by atoms with Crippen LogP contribution in [0.1, 0.15) is 75.6 Å². The second kappa shape index (κ2) is 7.56. The van der Waals surface area contributed by atoms with Gasteiger partial charge in [0.2, 0.25) is 0 Å². The molecule has 1 aromatic rings. The molecule has 4 rings (SSSR count). The van der Waals surface area contributed by atoms with Crippen LogP contribution in [0.15, 0.2) is 6.33 Å². The normalized spacial score (nSPS) is 27.4. The zero-order valence-corrected chi connectivity index (χ0v) is 15.0. The quantitative estimate of drug-likeness (QED) is 0.791. The van der Waals surface area contributed by atoms with E-state index < -0.39 is 0 Å². The molecule has 3 aliphatic rings. The number of hydrogen-bond acceptors (Lipinski definition) is 4. The van der Waals surface area contributed by atoms with Crippen molar-refractivity contribution >= 4 is 11.8 Å². The van der Waals surface area contributed by atoms with Crippen molar-refractivity contribution in [3.63, 3.8) is 0 Å². The van der Waals surface area contributed by atoms with Crippen LogP contribution in [0.2, 0.25) is 0 Å². The van der Waals surface area contributed by atoms with Crippen LogP contribution in [0.5, 0.6) is 0 Å². The van der Waals surface area contributed by atoms with Crippen LogP contribution in [0.25, 0.3) is 0 Å². The first-order chi connectivity index (χ1) is 11.4. The number of nitrogens with zero attached hydrogens (tertiary/aromatic N) is 4. The smallest absolute Gasteiger partial charge is 0.137 e. The molecule has 0 radical (unpaired) electrons. The summed E-state index contributed by atoms with van der Waals surface area (Å²) in [6, 6.07) is 0.706. The molecule has 0 unspecified atom stereocenters. The molecule has 5 heteroatoms. The monoisotopic (exact) mass is 334 g/mol. The van der Waals surface area contributed by atoms with Crippen LogP contribution in [-0.2, 0) is 0 Å². The van der Waals surface area contributed by atoms with Crippen LogP contribution in [-0.4, -0.2) is 50.3 Å². The number of piperidine rings is 1. The Bertz CT molecular complexity index is 493. The topological polar surface area (TPSA) is 34.0 Å². The molecule has 0 amide bonds. The molecule has 23 heavy (non-hydrogen) atoms. The molecule has 2 saturated carbocycles. The molecule has 0 N–H and O–H groups in total. The summed E-state index contributed by atoms with van der Waals surface area (Å²) in [7, 11) is 0. The maximum absolute atomic E-state index is 4.47. The average Bonchev–Trinajstić information content (AvgIpc) is 3.33. The van der Waals surface area contributed by atoms with Gasteiger partial charge in [0.25, 0.3) is 0 Å². The summed E-state index contributed by atoms with van der Waals surface area (Å²) in [6.07, 6.45) is 14.5. The van der Waals surface area contributed by atoms with Gasteiger partial charge in [-0.3, -0.25) is 0 Å². The van der Waals surface area contributed by atoms with E-state index in [1.54, 1.807) is 0 Å². The van der Waals surface area contributed by atoms with E-state index in [2.05, 4.69) is 31.4 Å². The Kier molecular flexibility index (Phi) is 5.24. The van der Waals surface area contributed by atoms with E-state index >= 15 is 0 Å². The molecular weight excluding hydrogens is 304 g/mol. The Morgan fingerprint density at radius 1 is 1.04 bits per heavy atom. The van der Waals surface area contributed by atoms with Gasteiger partial charge in [0, 0.05) is 36.1 Å². The van der Waals surface area contributed by atoms with Gasteiger partial charge in [0.1, 0.15) is 12.2 Å². The first-order valence-electron chi connectivity index (χ1n) is 9.63. The highest BCUT2D eigenvalue weighted by Gasteiger charge is 2.31. The summed E-state index contributed by atoms with van der Waals surface area (Å²) in [5.41, 5.74) is 0. The lowest BCUT2D eigenvalue weighted by Crippen LogP contribution is -2.37. The molecule has 3 fully saturated rings. The summed E-state index contributed by atoms with van der Waals surface area (Å²) in [6.45, 7) is 3.73. The van der Waals surface area contributed by atoms with Crippen molar-refractivity contribution in [2.45, 2.75) is 75.0 Å². The molecule has 1 atom stereocenters. The molecule has 1 saturated heterocycles. The minimum absolute atomic E-state index is 0.603. The maximum Gasteiger partial charge on any atom is 0.137 e. The molecule has 2 aliphatic carbocycles. The number of hydrogen-bond donors (Lipinski definition) is 0. The SMILES string of the molecule is c1nnc([C@@H]2CCCN(CCSC3CCCCC3)C2)n1C1CC1. The van der Waals surface area contributed by atoms with Gasteiger partial charge in [-0.1, -0.05) is 19.3 Å². The fourth-order valence-electron chi connectivity index (χ4n) is 4.23. The van der Waals surface area contributed by atoms with Gasteiger partial charge in [0.15, 0.2) is 0 Å². The minimum Gasteiger partial charge on any atom is -0.314 e. The largest absolute Gasteiger partial charge is 0.314 e. The van der Waals surface area contributed by atoms with E-state index in [-0.39, 0.29) is 0 Å². The molecule has 0 bridgehead atoms. The fraction of sp³-hybridized carbons (Fsp3) is 0.889. The third-order valence-electron chi connectivity index (χ3n) is 5.72. The third kappa shape index (κ3) is 4.11. The van der Waals surface area contributed by atoms with Crippen LogP contribution in [0, 0.1) is 0 Å². The van der Waals surface area contributed by atoms with Crippen molar-refractivity contribution in [2.24, 2.45) is 0 Å². The summed E-state index contributed by atoms with van der Waals surface area (Å²) < 4.78 is 2.37. The molecular formula is C18H30N4S. The summed E-state index contributed by atoms with van der Waals surface area (Å²) >= 11 is 2.23. The van der Waals surface area contributed by atoms with E-state index in [4.69, 9.17) is 0 Å². The lowest BCUT2D eigenvalue weighted by atomic mass is 9.97. The van der Waals surface area contributed by atoms with Gasteiger partial charge in [-0.2, -0.15) is 11.8 Å². The Morgan fingerprint density at radius 3 is 2.74 bits per heavy atom. The summed E-state index contributed by atoms with van der Waals surface area (Å²) in [5.74, 6) is 3.18. The number of rotatable bonds is 6. The van der Waals surface area contributed by atoms with Crippen LogP contribution >= 0.6 is 11.8 Å². The zero-order valence-electron chi connectivity index (χ0n) is 14.2. The molecule has 128 valence electrons. The number of likely N-dealkylation sites (tertiary alicyclic amines) is 1. The predicted molar refractivity (Wildman–Crippen MR) is 96.0 cm³/mol. The van der Waals surface area contributed by atoms with Gasteiger partial charge < -0.3 is 9.47 Å². The average molecular weight is 335 g/mol. The Balaban J connectivity index is 1.26. The van der Waals surface area contributed by atoms with E-state index in [1.165, 1.54) is 89.0 Å². The fourth-order valence-corrected chi connectivity index (χ4v) is 5.59. The second-order valence-corrected chi connectivity index (χ2v) is 9.01. The zero-order chi connectivity index (χ0) is 15.5. The van der Waals surface area contributed by atoms with Crippen molar-refractivity contribution in [1.29, 1.82) is 0 Å². The van der Waals surface area contributed by atoms with Crippen molar-refractivity contribution in [1.82, 2.24) is 19.7 Å². The van der Waals surface area contributed by atoms with Crippen molar-refractivity contribution in [3.05, 3.63) is 12.2 Å². The number of thioether (sulfide) groups is 1. The Morgan fingerprint density at radius 2 is 1.91 bits per heavy atom.